The normalized spacial score (nSPS) is 18.5. The Morgan fingerprint density at radius 2 is 2.10 bits per heavy atom. The van der Waals surface area contributed by atoms with Gasteiger partial charge in [-0.1, -0.05) is 0 Å². The first kappa shape index (κ1) is 13.1. The highest BCUT2D eigenvalue weighted by Crippen LogP contribution is 2.23. The van der Waals surface area contributed by atoms with E-state index in [0.717, 1.165) is 43.7 Å². The van der Waals surface area contributed by atoms with Crippen molar-refractivity contribution < 1.29 is 9.59 Å². The minimum atomic E-state index is -0.0503. The highest BCUT2D eigenvalue weighted by atomic mass is 16.2. The topological polar surface area (TPSA) is 70.2 Å². The van der Waals surface area contributed by atoms with Gasteiger partial charge in [0.2, 0.25) is 5.91 Å². The van der Waals surface area contributed by atoms with E-state index in [1.165, 1.54) is 0 Å². The van der Waals surface area contributed by atoms with Crippen molar-refractivity contribution in [1.82, 2.24) is 10.6 Å². The Kier molecular flexibility index (Phi) is 3.69. The number of amides is 2. The molecule has 0 unspecified atom stereocenters. The molecule has 1 aromatic rings. The minimum absolute atomic E-state index is 0.00716. The smallest absolute Gasteiger partial charge is 0.251 e. The van der Waals surface area contributed by atoms with Crippen LogP contribution in [0, 0.1) is 5.92 Å². The second-order valence-corrected chi connectivity index (χ2v) is 5.50. The standard InChI is InChI=1S/C15H19N3O2/c19-14-8-12-7-11(1-2-13(12)18-14)15(20)17-9-10-3-5-16-6-4-10/h1-2,7,10,16H,3-6,8-9H2,(H,17,20)(H,18,19). The van der Waals surface area contributed by atoms with Gasteiger partial charge in [0.15, 0.2) is 0 Å². The molecular weight excluding hydrogens is 254 g/mol. The third-order valence-corrected chi connectivity index (χ3v) is 4.00. The molecule has 0 spiro atoms. The maximum Gasteiger partial charge on any atom is 0.251 e. The summed E-state index contributed by atoms with van der Waals surface area (Å²) in [5.74, 6) is 0.510. The number of hydrogen-bond acceptors (Lipinski definition) is 3. The summed E-state index contributed by atoms with van der Waals surface area (Å²) in [5, 5.41) is 9.08. The van der Waals surface area contributed by atoms with Gasteiger partial charge in [-0.3, -0.25) is 9.59 Å². The van der Waals surface area contributed by atoms with Crippen molar-refractivity contribution in [3.05, 3.63) is 29.3 Å². The van der Waals surface area contributed by atoms with E-state index < -0.39 is 0 Å². The summed E-state index contributed by atoms with van der Waals surface area (Å²) in [7, 11) is 0. The second kappa shape index (κ2) is 5.63. The number of carbonyl (C=O) groups excluding carboxylic acids is 2. The monoisotopic (exact) mass is 273 g/mol. The molecule has 3 N–H and O–H groups in total. The van der Waals surface area contributed by atoms with Crippen molar-refractivity contribution in [1.29, 1.82) is 0 Å². The van der Waals surface area contributed by atoms with Crippen molar-refractivity contribution in [2.75, 3.05) is 25.0 Å². The summed E-state index contributed by atoms with van der Waals surface area (Å²) in [6.07, 6.45) is 2.59. The number of carbonyl (C=O) groups is 2. The number of fused-ring (bicyclic) bond motifs is 1. The van der Waals surface area contributed by atoms with Crippen LogP contribution in [0.4, 0.5) is 5.69 Å². The van der Waals surface area contributed by atoms with Crippen LogP contribution in [0.15, 0.2) is 18.2 Å². The van der Waals surface area contributed by atoms with Gasteiger partial charge >= 0.3 is 0 Å². The van der Waals surface area contributed by atoms with E-state index in [1.54, 1.807) is 12.1 Å². The van der Waals surface area contributed by atoms with Crippen molar-refractivity contribution in [2.24, 2.45) is 5.92 Å². The van der Waals surface area contributed by atoms with Gasteiger partial charge in [-0.05, 0) is 55.6 Å². The Morgan fingerprint density at radius 1 is 1.30 bits per heavy atom. The summed E-state index contributed by atoms with van der Waals surface area (Å²) in [6.45, 7) is 2.80. The van der Waals surface area contributed by atoms with E-state index in [1.807, 2.05) is 6.07 Å². The van der Waals surface area contributed by atoms with Crippen LogP contribution >= 0.6 is 0 Å². The maximum atomic E-state index is 12.1. The molecule has 1 aromatic carbocycles. The lowest BCUT2D eigenvalue weighted by atomic mass is 9.98. The fourth-order valence-corrected chi connectivity index (χ4v) is 2.80. The Morgan fingerprint density at radius 3 is 2.90 bits per heavy atom. The molecule has 1 fully saturated rings. The molecule has 5 nitrogen and oxygen atoms in total. The molecule has 0 bridgehead atoms. The number of nitrogens with one attached hydrogen (secondary N) is 3. The molecular formula is C15H19N3O2. The van der Waals surface area contributed by atoms with Crippen LogP contribution < -0.4 is 16.0 Å². The van der Waals surface area contributed by atoms with Crippen LogP contribution in [0.3, 0.4) is 0 Å². The molecule has 0 radical (unpaired) electrons. The van der Waals surface area contributed by atoms with Gasteiger partial charge in [-0.25, -0.2) is 0 Å². The van der Waals surface area contributed by atoms with Crippen LogP contribution in [0.5, 0.6) is 0 Å². The maximum absolute atomic E-state index is 12.1. The quantitative estimate of drug-likeness (QED) is 0.766. The fraction of sp³-hybridized carbons (Fsp3) is 0.467. The van der Waals surface area contributed by atoms with Gasteiger partial charge in [0.1, 0.15) is 0 Å². The number of rotatable bonds is 3. The van der Waals surface area contributed by atoms with Crippen molar-refractivity contribution in [3.63, 3.8) is 0 Å². The molecule has 5 heteroatoms. The lowest BCUT2D eigenvalue weighted by Gasteiger charge is -2.22. The van der Waals surface area contributed by atoms with E-state index in [4.69, 9.17) is 0 Å². The largest absolute Gasteiger partial charge is 0.352 e. The predicted octanol–water partition coefficient (Wildman–Crippen LogP) is 0.911. The Labute approximate surface area is 118 Å². The molecule has 106 valence electrons. The van der Waals surface area contributed by atoms with Crippen LogP contribution in [0.1, 0.15) is 28.8 Å². The van der Waals surface area contributed by atoms with E-state index in [0.29, 0.717) is 17.9 Å². The molecule has 2 aliphatic heterocycles. The van der Waals surface area contributed by atoms with Gasteiger partial charge < -0.3 is 16.0 Å². The molecule has 1 saturated heterocycles. The molecule has 2 aliphatic rings. The van der Waals surface area contributed by atoms with E-state index in [2.05, 4.69) is 16.0 Å². The van der Waals surface area contributed by atoms with Gasteiger partial charge in [-0.15, -0.1) is 0 Å². The fourth-order valence-electron chi connectivity index (χ4n) is 2.80. The first-order valence-corrected chi connectivity index (χ1v) is 7.14. The van der Waals surface area contributed by atoms with Gasteiger partial charge in [-0.2, -0.15) is 0 Å². The number of anilines is 1. The average Bonchev–Trinajstić information content (AvgIpc) is 2.85. The third-order valence-electron chi connectivity index (χ3n) is 4.00. The van der Waals surface area contributed by atoms with Crippen LogP contribution in [0.25, 0.3) is 0 Å². The molecule has 0 atom stereocenters. The van der Waals surface area contributed by atoms with Crippen molar-refractivity contribution in [2.45, 2.75) is 19.3 Å². The SMILES string of the molecule is O=C1Cc2cc(C(=O)NCC3CCNCC3)ccc2N1. The summed E-state index contributed by atoms with van der Waals surface area (Å²) in [6, 6.07) is 5.38. The molecule has 0 aromatic heterocycles. The zero-order chi connectivity index (χ0) is 13.9. The molecule has 2 amide bonds. The highest BCUT2D eigenvalue weighted by Gasteiger charge is 2.19. The number of piperidine rings is 1. The molecule has 3 rings (SSSR count). The summed E-state index contributed by atoms with van der Waals surface area (Å²) < 4.78 is 0. The van der Waals surface area contributed by atoms with Gasteiger partial charge in [0.25, 0.3) is 5.91 Å². The van der Waals surface area contributed by atoms with E-state index >= 15 is 0 Å². The lowest BCUT2D eigenvalue weighted by molar-refractivity contribution is -0.115. The molecule has 2 heterocycles. The van der Waals surface area contributed by atoms with E-state index in [-0.39, 0.29) is 11.8 Å². The Balaban J connectivity index is 1.60. The Bertz CT molecular complexity index is 536. The number of benzene rings is 1. The predicted molar refractivity (Wildman–Crippen MR) is 76.7 cm³/mol. The third kappa shape index (κ3) is 2.82. The molecule has 0 saturated carbocycles. The second-order valence-electron chi connectivity index (χ2n) is 5.50. The van der Waals surface area contributed by atoms with Crippen LogP contribution in [-0.4, -0.2) is 31.4 Å². The zero-order valence-electron chi connectivity index (χ0n) is 11.4. The zero-order valence-corrected chi connectivity index (χ0v) is 11.4. The van der Waals surface area contributed by atoms with Crippen molar-refractivity contribution >= 4 is 17.5 Å². The van der Waals surface area contributed by atoms with Crippen LogP contribution in [0.2, 0.25) is 0 Å². The average molecular weight is 273 g/mol. The first-order valence-electron chi connectivity index (χ1n) is 7.14. The highest BCUT2D eigenvalue weighted by molar-refractivity contribution is 6.01. The lowest BCUT2D eigenvalue weighted by Crippen LogP contribution is -2.35. The first-order chi connectivity index (χ1) is 9.72. The van der Waals surface area contributed by atoms with Crippen molar-refractivity contribution in [3.8, 4) is 0 Å². The van der Waals surface area contributed by atoms with Crippen LogP contribution in [-0.2, 0) is 11.2 Å². The minimum Gasteiger partial charge on any atom is -0.352 e. The van der Waals surface area contributed by atoms with E-state index in [9.17, 15) is 9.59 Å². The van der Waals surface area contributed by atoms with Gasteiger partial charge in [0, 0.05) is 17.8 Å². The van der Waals surface area contributed by atoms with Gasteiger partial charge in [0.05, 0.1) is 6.42 Å². The summed E-state index contributed by atoms with van der Waals surface area (Å²) >= 11 is 0. The Hall–Kier alpha value is -1.88. The summed E-state index contributed by atoms with van der Waals surface area (Å²) in [5.41, 5.74) is 2.36. The number of hydrogen-bond donors (Lipinski definition) is 3. The summed E-state index contributed by atoms with van der Waals surface area (Å²) in [4.78, 5) is 23.4. The molecule has 0 aliphatic carbocycles. The molecule has 20 heavy (non-hydrogen) atoms.